The number of carboxylic acid groups (broad SMARTS) is 1. The first-order chi connectivity index (χ1) is 45.4. The second-order valence-corrected chi connectivity index (χ2v) is 22.7. The van der Waals surface area contributed by atoms with Crippen LogP contribution in [0.25, 0.3) is 10.9 Å². The lowest BCUT2D eigenvalue weighted by Gasteiger charge is -2.29. The molecule has 4 heterocycles. The van der Waals surface area contributed by atoms with Crippen molar-refractivity contribution in [2.45, 2.75) is 144 Å². The van der Waals surface area contributed by atoms with Crippen molar-refractivity contribution in [3.8, 4) is 0 Å². The van der Waals surface area contributed by atoms with Crippen molar-refractivity contribution in [2.24, 2.45) is 60.8 Å². The van der Waals surface area contributed by atoms with E-state index in [1.54, 1.807) is 60.8 Å². The summed E-state index contributed by atoms with van der Waals surface area (Å²) in [7, 11) is 0. The number of benzene rings is 2. The van der Waals surface area contributed by atoms with Gasteiger partial charge in [0.15, 0.2) is 17.9 Å². The molecule has 0 spiro atoms. The molecule has 35 heteroatoms. The van der Waals surface area contributed by atoms with Crippen LogP contribution in [0.1, 0.15) is 86.7 Å². The molecule has 512 valence electrons. The summed E-state index contributed by atoms with van der Waals surface area (Å²) in [5.41, 5.74) is 48.0. The molecule has 2 aromatic carbocycles. The van der Waals surface area contributed by atoms with Gasteiger partial charge in [-0.05, 0) is 75.0 Å². The lowest BCUT2D eigenvalue weighted by Crippen LogP contribution is -2.61. The first kappa shape index (κ1) is 72.9. The molecule has 0 bridgehead atoms. The molecule has 1 aliphatic rings. The smallest absolute Gasteiger partial charge is 0.326 e. The largest absolute Gasteiger partial charge is 0.480 e. The monoisotopic (exact) mass is 1320 g/mol. The van der Waals surface area contributed by atoms with Crippen LogP contribution in [-0.2, 0) is 73.6 Å². The van der Waals surface area contributed by atoms with Crippen molar-refractivity contribution in [3.63, 3.8) is 0 Å². The van der Waals surface area contributed by atoms with Gasteiger partial charge in [0.1, 0.15) is 48.3 Å². The zero-order chi connectivity index (χ0) is 69.0. The number of nitrogens with zero attached hydrogens (tertiary/aromatic N) is 6. The third-order valence-corrected chi connectivity index (χ3v) is 15.4. The van der Waals surface area contributed by atoms with Gasteiger partial charge in [-0.15, -0.1) is 0 Å². The number of para-hydroxylation sites is 1. The van der Waals surface area contributed by atoms with Crippen LogP contribution in [0.2, 0.25) is 0 Å². The number of hydrogen-bond acceptors (Lipinski definition) is 16. The fourth-order valence-corrected chi connectivity index (χ4v) is 10.6. The summed E-state index contributed by atoms with van der Waals surface area (Å²) in [5, 5.41) is 29.6. The van der Waals surface area contributed by atoms with Crippen molar-refractivity contribution in [1.29, 1.82) is 0 Å². The van der Waals surface area contributed by atoms with Gasteiger partial charge in [-0.25, -0.2) is 14.8 Å². The van der Waals surface area contributed by atoms with E-state index in [0.29, 0.717) is 39.8 Å². The highest BCUT2D eigenvalue weighted by Crippen LogP contribution is 2.22. The molecule has 1 fully saturated rings. The third kappa shape index (κ3) is 23.8. The number of imidazole rings is 2. The number of aliphatic carboxylic acids is 1. The fourth-order valence-electron chi connectivity index (χ4n) is 10.6. The molecule has 0 unspecified atom stereocenters. The van der Waals surface area contributed by atoms with Gasteiger partial charge >= 0.3 is 5.97 Å². The maximum atomic E-state index is 15.0. The molecule has 35 nitrogen and oxygen atoms in total. The number of likely N-dealkylation sites (tertiary alicyclic amines) is 1. The summed E-state index contributed by atoms with van der Waals surface area (Å²) in [6.45, 7) is 0.211. The number of hydrogen-bond donors (Lipinski definition) is 19. The van der Waals surface area contributed by atoms with Crippen molar-refractivity contribution in [1.82, 2.24) is 67.0 Å². The van der Waals surface area contributed by atoms with Crippen molar-refractivity contribution in [3.05, 3.63) is 108 Å². The summed E-state index contributed by atoms with van der Waals surface area (Å²) < 4.78 is 0. The van der Waals surface area contributed by atoms with Crippen LogP contribution in [0, 0.1) is 0 Å². The number of fused-ring (bicyclic) bond motifs is 1. The molecule has 0 radical (unpaired) electrons. The molecule has 9 amide bonds. The Morgan fingerprint density at radius 2 is 0.989 bits per heavy atom. The van der Waals surface area contributed by atoms with Crippen LogP contribution < -0.4 is 83.1 Å². The summed E-state index contributed by atoms with van der Waals surface area (Å²) in [5.74, 6) is -9.65. The van der Waals surface area contributed by atoms with Crippen LogP contribution in [0.4, 0.5) is 0 Å². The van der Waals surface area contributed by atoms with Crippen molar-refractivity contribution < 1.29 is 53.1 Å². The number of amides is 9. The second kappa shape index (κ2) is 36.8. The summed E-state index contributed by atoms with van der Waals surface area (Å²) in [4.78, 5) is 171. The lowest BCUT2D eigenvalue weighted by molar-refractivity contribution is -0.142. The number of carboxylic acids is 1. The zero-order valence-corrected chi connectivity index (χ0v) is 52.3. The van der Waals surface area contributed by atoms with Gasteiger partial charge in [-0.3, -0.25) is 58.1 Å². The Bertz CT molecular complexity index is 3480. The topological polar surface area (TPSA) is 597 Å². The third-order valence-electron chi connectivity index (χ3n) is 15.4. The number of aliphatic imine (C=N–C) groups is 3. The molecule has 95 heavy (non-hydrogen) atoms. The number of nitrogens with two attached hydrogens (primary N) is 8. The molecular weight excluding hydrogens is 1230 g/mol. The zero-order valence-electron chi connectivity index (χ0n) is 52.3. The molecule has 9 atom stereocenters. The van der Waals surface area contributed by atoms with Crippen LogP contribution in [0.15, 0.2) is 101 Å². The summed E-state index contributed by atoms with van der Waals surface area (Å²) >= 11 is 0. The van der Waals surface area contributed by atoms with Crippen molar-refractivity contribution in [2.75, 3.05) is 26.2 Å². The van der Waals surface area contributed by atoms with Gasteiger partial charge < -0.3 is 108 Å². The number of rotatable bonds is 39. The van der Waals surface area contributed by atoms with E-state index in [1.165, 1.54) is 29.9 Å². The Morgan fingerprint density at radius 3 is 1.49 bits per heavy atom. The van der Waals surface area contributed by atoms with Gasteiger partial charge in [0.05, 0.1) is 18.7 Å². The van der Waals surface area contributed by atoms with Gasteiger partial charge in [0.25, 0.3) is 0 Å². The quantitative estimate of drug-likeness (QED) is 0.00996. The molecule has 27 N–H and O–H groups in total. The van der Waals surface area contributed by atoms with E-state index in [4.69, 9.17) is 45.9 Å². The maximum Gasteiger partial charge on any atom is 0.326 e. The molecule has 5 aromatic rings. The molecule has 0 saturated carbocycles. The van der Waals surface area contributed by atoms with E-state index in [9.17, 15) is 53.1 Å². The highest BCUT2D eigenvalue weighted by Gasteiger charge is 2.39. The maximum absolute atomic E-state index is 15.0. The lowest BCUT2D eigenvalue weighted by atomic mass is 10.0. The average Bonchev–Trinajstić information content (AvgIpc) is 1.75. The minimum atomic E-state index is -1.53. The van der Waals surface area contributed by atoms with Crippen LogP contribution in [0.5, 0.6) is 0 Å². The molecule has 6 rings (SSSR count). The van der Waals surface area contributed by atoms with Gasteiger partial charge in [0, 0.05) is 99.2 Å². The normalized spacial score (nSPS) is 15.2. The number of aromatic amines is 3. The first-order valence-corrected chi connectivity index (χ1v) is 30.9. The second-order valence-electron chi connectivity index (χ2n) is 22.7. The average molecular weight is 1320 g/mol. The summed E-state index contributed by atoms with van der Waals surface area (Å²) in [6.07, 6.45) is 6.64. The summed E-state index contributed by atoms with van der Waals surface area (Å²) in [6, 6.07) is 3.11. The van der Waals surface area contributed by atoms with E-state index in [-0.39, 0.29) is 128 Å². The van der Waals surface area contributed by atoms with E-state index in [0.717, 1.165) is 0 Å². The Balaban J connectivity index is 1.27. The number of nitrogens with one attached hydrogen (secondary N) is 10. The van der Waals surface area contributed by atoms with Gasteiger partial charge in [-0.2, -0.15) is 0 Å². The predicted octanol–water partition coefficient (Wildman–Crippen LogP) is -4.89. The Hall–Kier alpha value is -11.1. The SMILES string of the molecule is NC(=O)CC[C@H](NC(=O)[C@@H]1CCCN1C(=O)[C@@H](N)Cc1cnc[nH]1)C(=O)N[C@@H](Cc1cnc[nH]1)C(=O)N[C@@H](Cc1ccccc1)C(=O)N[C@@H](CCCN=C(N)N)C(=O)N[C@@H](CCCN=C(N)N)C(=O)N[C@@H](Cc1c[nH]c2ccccc12)C(=O)N[C@@H](CCCN=C(N)N)C(=O)O. The minimum Gasteiger partial charge on any atom is -0.480 e. The number of aromatic nitrogens is 5. The highest BCUT2D eigenvalue weighted by atomic mass is 16.4. The molecule has 1 aliphatic heterocycles. The molecule has 3 aromatic heterocycles. The first-order valence-electron chi connectivity index (χ1n) is 30.9. The standard InChI is InChI=1S/C60H86N24O11/c61-38(26-35-29-69-31-75-35)56(93)84-23-9-17-47(84)55(92)79-42(18-19-48(62)85)51(88)83-46(27-36-30-70-32-76-36)54(91)81-44(24-33-10-2-1-3-11-33)52(89)78-40(14-6-20-71-58(63)64)49(86)77-41(15-7-21-72-59(65)66)50(87)82-45(25-34-28-74-39-13-5-4-12-37(34)39)53(90)80-43(57(94)95)16-8-22-73-60(67)68/h1-5,10-13,28-32,38,40-47,74H,6-9,14-27,61H2,(H2,62,85)(H,69,75)(H,70,76)(H,77,86)(H,78,89)(H,79,92)(H,80,90)(H,81,91)(H,82,87)(H,83,88)(H,94,95)(H4,63,64,71)(H4,65,66,72)(H4,67,68,73)/t38-,40-,41-,42-,43-,44-,45-,46-,47-/m0/s1. The fraction of sp³-hybridized carbons (Fsp3) is 0.450. The van der Waals surface area contributed by atoms with E-state index in [2.05, 4.69) is 77.1 Å². The van der Waals surface area contributed by atoms with Crippen LogP contribution in [0.3, 0.4) is 0 Å². The van der Waals surface area contributed by atoms with E-state index < -0.39 is 114 Å². The molecule has 0 aliphatic carbocycles. The Labute approximate surface area is 545 Å². The van der Waals surface area contributed by atoms with Gasteiger partial charge in [-0.1, -0.05) is 48.5 Å². The molecule has 1 saturated heterocycles. The van der Waals surface area contributed by atoms with E-state index in [1.807, 2.05) is 0 Å². The van der Waals surface area contributed by atoms with Gasteiger partial charge in [0.2, 0.25) is 53.2 Å². The Morgan fingerprint density at radius 1 is 0.537 bits per heavy atom. The number of carbonyl (C=O) groups is 10. The van der Waals surface area contributed by atoms with E-state index >= 15 is 0 Å². The highest BCUT2D eigenvalue weighted by molar-refractivity contribution is 5.99. The van der Waals surface area contributed by atoms with Crippen LogP contribution >= 0.6 is 0 Å². The minimum absolute atomic E-state index is 0.0172. The van der Waals surface area contributed by atoms with Crippen LogP contribution in [-0.4, -0.2) is 192 Å². The number of primary amides is 1. The number of H-pyrrole nitrogens is 3. The number of guanidine groups is 3. The predicted molar refractivity (Wildman–Crippen MR) is 349 cm³/mol. The Kier molecular flexibility index (Phi) is 28.2. The van der Waals surface area contributed by atoms with Crippen molar-refractivity contribution >= 4 is 87.9 Å². The number of carbonyl (C=O) groups excluding carboxylic acids is 9. The molecular formula is C60H86N24O11.